The fourth-order valence-electron chi connectivity index (χ4n) is 5.19. The second-order valence-electron chi connectivity index (χ2n) is 9.47. The van der Waals surface area contributed by atoms with Crippen molar-refractivity contribution in [2.75, 3.05) is 26.4 Å². The van der Waals surface area contributed by atoms with Gasteiger partial charge in [0.25, 0.3) is 5.91 Å². The quantitative estimate of drug-likeness (QED) is 0.485. The molecule has 2 aromatic carbocycles. The van der Waals surface area contributed by atoms with Crippen LogP contribution in [0.2, 0.25) is 0 Å². The second kappa shape index (κ2) is 8.69. The third kappa shape index (κ3) is 4.13. The molecule has 0 N–H and O–H groups in total. The molecular formula is C25H28N4O4S2. The van der Waals surface area contributed by atoms with Crippen LogP contribution < -0.4 is 0 Å². The maximum Gasteiger partial charge on any atom is 0.327 e. The van der Waals surface area contributed by atoms with Crippen molar-refractivity contribution in [2.45, 2.75) is 42.8 Å². The number of aromatic nitrogens is 1. The highest BCUT2D eigenvalue weighted by Gasteiger charge is 2.56. The van der Waals surface area contributed by atoms with Crippen molar-refractivity contribution >= 4 is 43.3 Å². The van der Waals surface area contributed by atoms with E-state index in [1.165, 1.54) is 27.3 Å². The van der Waals surface area contributed by atoms with Gasteiger partial charge >= 0.3 is 6.03 Å². The molecule has 0 unspecified atom stereocenters. The molecule has 3 aromatic rings. The van der Waals surface area contributed by atoms with Gasteiger partial charge in [0.05, 0.1) is 27.2 Å². The number of thiazole rings is 1. The van der Waals surface area contributed by atoms with Gasteiger partial charge in [0.2, 0.25) is 0 Å². The van der Waals surface area contributed by atoms with E-state index in [0.717, 1.165) is 11.8 Å². The molecule has 2 aliphatic rings. The van der Waals surface area contributed by atoms with Gasteiger partial charge in [-0.1, -0.05) is 18.2 Å². The summed E-state index contributed by atoms with van der Waals surface area (Å²) in [4.78, 5) is 36.5. The smallest absolute Gasteiger partial charge is 0.312 e. The number of sulfone groups is 1. The maximum atomic E-state index is 13.5. The summed E-state index contributed by atoms with van der Waals surface area (Å²) in [6, 6.07) is 12.6. The molecule has 5 rings (SSSR count). The van der Waals surface area contributed by atoms with Gasteiger partial charge in [-0.15, -0.1) is 11.3 Å². The number of imide groups is 1. The highest BCUT2D eigenvalue weighted by Crippen LogP contribution is 2.39. The van der Waals surface area contributed by atoms with Crippen LogP contribution in [-0.4, -0.2) is 72.0 Å². The summed E-state index contributed by atoms with van der Waals surface area (Å²) in [6.07, 6.45) is 2.29. The van der Waals surface area contributed by atoms with Crippen molar-refractivity contribution in [3.63, 3.8) is 0 Å². The SMILES string of the molecule is C[C@@H](c1ccc2scnc2c1)N1CCC2(CC1)C(=O)N(Cc1ccc(S(C)(=O)=O)cc1)C(=O)N2C. The van der Waals surface area contributed by atoms with Gasteiger partial charge in [-0.05, 0) is 55.2 Å². The van der Waals surface area contributed by atoms with E-state index in [-0.39, 0.29) is 29.4 Å². The molecule has 10 heteroatoms. The Kier molecular flexibility index (Phi) is 5.93. The van der Waals surface area contributed by atoms with Crippen LogP contribution in [0.25, 0.3) is 10.2 Å². The molecule has 0 saturated carbocycles. The number of carbonyl (C=O) groups is 2. The van der Waals surface area contributed by atoms with Gasteiger partial charge in [0.15, 0.2) is 9.84 Å². The lowest BCUT2D eigenvalue weighted by Gasteiger charge is -2.43. The van der Waals surface area contributed by atoms with E-state index in [2.05, 4.69) is 35.0 Å². The lowest BCUT2D eigenvalue weighted by molar-refractivity contribution is -0.135. The van der Waals surface area contributed by atoms with Gasteiger partial charge in [0.1, 0.15) is 5.54 Å². The summed E-state index contributed by atoms with van der Waals surface area (Å²) < 4.78 is 24.6. The van der Waals surface area contributed by atoms with Gasteiger partial charge in [0, 0.05) is 32.4 Å². The number of likely N-dealkylation sites (tertiary alicyclic amines) is 1. The summed E-state index contributed by atoms with van der Waals surface area (Å²) in [5.41, 5.74) is 3.94. The van der Waals surface area contributed by atoms with Gasteiger partial charge in [-0.2, -0.15) is 0 Å². The minimum Gasteiger partial charge on any atom is -0.312 e. The summed E-state index contributed by atoms with van der Waals surface area (Å²) in [5, 5.41) is 0. The van der Waals surface area contributed by atoms with Gasteiger partial charge in [-0.3, -0.25) is 14.6 Å². The summed E-state index contributed by atoms with van der Waals surface area (Å²) >= 11 is 1.63. The van der Waals surface area contributed by atoms with Gasteiger partial charge < -0.3 is 4.90 Å². The number of likely N-dealkylation sites (N-methyl/N-ethyl adjacent to an activating group) is 1. The second-order valence-corrected chi connectivity index (χ2v) is 12.4. The normalized spacial score (nSPS) is 19.7. The molecule has 0 bridgehead atoms. The average molecular weight is 513 g/mol. The van der Waals surface area contributed by atoms with Crippen molar-refractivity contribution in [1.29, 1.82) is 0 Å². The first kappa shape index (κ1) is 23.9. The van der Waals surface area contributed by atoms with Crippen molar-refractivity contribution in [3.05, 3.63) is 59.1 Å². The zero-order valence-electron chi connectivity index (χ0n) is 20.0. The van der Waals surface area contributed by atoms with Crippen molar-refractivity contribution in [3.8, 4) is 0 Å². The summed E-state index contributed by atoms with van der Waals surface area (Å²) in [7, 11) is -1.59. The molecule has 1 spiro atoms. The predicted molar refractivity (Wildman–Crippen MR) is 135 cm³/mol. The van der Waals surface area contributed by atoms with E-state index in [9.17, 15) is 18.0 Å². The first-order chi connectivity index (χ1) is 16.6. The van der Waals surface area contributed by atoms with Gasteiger partial charge in [-0.25, -0.2) is 18.2 Å². The number of nitrogens with zero attached hydrogens (tertiary/aromatic N) is 4. The monoisotopic (exact) mass is 512 g/mol. The standard InChI is InChI=1S/C25H28N4O4S2/c1-17(19-6-9-22-21(14-19)26-16-34-22)28-12-10-25(11-13-28)23(30)29(24(31)27(25)2)15-18-4-7-20(8-5-18)35(3,32)33/h4-9,14,16-17H,10-13,15H2,1-3H3/t17-/m0/s1. The number of hydrogen-bond acceptors (Lipinski definition) is 7. The largest absolute Gasteiger partial charge is 0.327 e. The van der Waals surface area contributed by atoms with Crippen LogP contribution in [0.4, 0.5) is 4.79 Å². The summed E-state index contributed by atoms with van der Waals surface area (Å²) in [5.74, 6) is -0.173. The number of urea groups is 1. The Hall–Kier alpha value is -2.82. The zero-order valence-corrected chi connectivity index (χ0v) is 21.6. The average Bonchev–Trinajstić information content (AvgIpc) is 3.38. The fourth-order valence-corrected chi connectivity index (χ4v) is 6.48. The molecule has 2 fully saturated rings. The van der Waals surface area contributed by atoms with E-state index in [1.54, 1.807) is 35.4 Å². The Morgan fingerprint density at radius 1 is 1.09 bits per heavy atom. The molecule has 0 radical (unpaired) electrons. The van der Waals surface area contributed by atoms with Crippen LogP contribution >= 0.6 is 11.3 Å². The lowest BCUT2D eigenvalue weighted by Crippen LogP contribution is -2.55. The van der Waals surface area contributed by atoms with Crippen LogP contribution in [0.5, 0.6) is 0 Å². The first-order valence-corrected chi connectivity index (χ1v) is 14.3. The van der Waals surface area contributed by atoms with E-state index >= 15 is 0 Å². The number of fused-ring (bicyclic) bond motifs is 1. The Labute approximate surface area is 209 Å². The van der Waals surface area contributed by atoms with Crippen LogP contribution in [0, 0.1) is 0 Å². The molecule has 1 atom stereocenters. The van der Waals surface area contributed by atoms with Crippen molar-refractivity contribution in [2.24, 2.45) is 0 Å². The molecule has 3 heterocycles. The first-order valence-electron chi connectivity index (χ1n) is 11.6. The van der Waals surface area contributed by atoms with E-state index in [1.807, 2.05) is 5.51 Å². The number of benzene rings is 2. The van der Waals surface area contributed by atoms with Crippen LogP contribution in [0.15, 0.2) is 52.9 Å². The number of amides is 3. The molecule has 2 aliphatic heterocycles. The van der Waals surface area contributed by atoms with Crippen LogP contribution in [-0.2, 0) is 21.2 Å². The third-order valence-corrected chi connectivity index (χ3v) is 9.44. The minimum atomic E-state index is -3.30. The van der Waals surface area contributed by atoms with Crippen molar-refractivity contribution in [1.82, 2.24) is 19.7 Å². The highest BCUT2D eigenvalue weighted by atomic mass is 32.2. The Morgan fingerprint density at radius 3 is 2.43 bits per heavy atom. The molecule has 0 aliphatic carbocycles. The van der Waals surface area contributed by atoms with Crippen LogP contribution in [0.3, 0.4) is 0 Å². The van der Waals surface area contributed by atoms with E-state index in [0.29, 0.717) is 31.5 Å². The Morgan fingerprint density at radius 2 is 1.77 bits per heavy atom. The third-order valence-electron chi connectivity index (χ3n) is 7.51. The lowest BCUT2D eigenvalue weighted by atomic mass is 9.85. The van der Waals surface area contributed by atoms with E-state index in [4.69, 9.17) is 0 Å². The number of carbonyl (C=O) groups excluding carboxylic acids is 2. The Balaban J connectivity index is 1.29. The fraction of sp³-hybridized carbons (Fsp3) is 0.400. The minimum absolute atomic E-state index is 0.127. The van der Waals surface area contributed by atoms with E-state index < -0.39 is 15.4 Å². The molecule has 1 aromatic heterocycles. The zero-order chi connectivity index (χ0) is 25.0. The number of piperidine rings is 1. The molecule has 2 saturated heterocycles. The van der Waals surface area contributed by atoms with Crippen LogP contribution in [0.1, 0.15) is 36.9 Å². The number of hydrogen-bond donors (Lipinski definition) is 0. The topological polar surface area (TPSA) is 90.9 Å². The number of rotatable bonds is 5. The predicted octanol–water partition coefficient (Wildman–Crippen LogP) is 3.69. The summed E-state index contributed by atoms with van der Waals surface area (Å²) in [6.45, 7) is 3.71. The molecule has 3 amide bonds. The maximum absolute atomic E-state index is 13.5. The molecule has 184 valence electrons. The Bertz CT molecular complexity index is 1390. The molecular weight excluding hydrogens is 484 g/mol. The molecule has 8 nitrogen and oxygen atoms in total. The molecule has 35 heavy (non-hydrogen) atoms. The highest BCUT2D eigenvalue weighted by molar-refractivity contribution is 7.90. The van der Waals surface area contributed by atoms with Crippen molar-refractivity contribution < 1.29 is 18.0 Å².